The molecule has 1 rings (SSSR count). The van der Waals surface area contributed by atoms with Crippen molar-refractivity contribution >= 4 is 22.2 Å². The molecule has 0 aromatic carbocycles. The summed E-state index contributed by atoms with van der Waals surface area (Å²) in [6, 6.07) is 1.84. The van der Waals surface area contributed by atoms with E-state index >= 15 is 0 Å². The van der Waals surface area contributed by atoms with Crippen molar-refractivity contribution in [3.63, 3.8) is 0 Å². The van der Waals surface area contributed by atoms with Crippen molar-refractivity contribution in [2.24, 2.45) is 7.05 Å². The molecule has 2 nitrogen and oxygen atoms in total. The Morgan fingerprint density at radius 3 is 2.64 bits per heavy atom. The fraction of sp³-hybridized carbons (Fsp3) is 0.375. The highest BCUT2D eigenvalue weighted by molar-refractivity contribution is 9.10. The lowest BCUT2D eigenvalue weighted by Gasteiger charge is -2.00. The van der Waals surface area contributed by atoms with E-state index in [2.05, 4.69) is 22.9 Å². The van der Waals surface area contributed by atoms with Crippen LogP contribution in [0.4, 0.5) is 0 Å². The van der Waals surface area contributed by atoms with Gasteiger partial charge >= 0.3 is 0 Å². The standard InChI is InChI=1S/C8H10BrNO/c1-3-8-7(9)4-6(5-11)10(8)2/h4-5H,3H2,1-2H3. The summed E-state index contributed by atoms with van der Waals surface area (Å²) in [4.78, 5) is 10.5. The first-order valence-corrected chi connectivity index (χ1v) is 4.29. The summed E-state index contributed by atoms with van der Waals surface area (Å²) in [5.41, 5.74) is 1.88. The summed E-state index contributed by atoms with van der Waals surface area (Å²) in [6.45, 7) is 2.06. The Bertz CT molecular complexity index is 278. The van der Waals surface area contributed by atoms with Gasteiger partial charge in [0.25, 0.3) is 0 Å². The largest absolute Gasteiger partial charge is 0.344 e. The van der Waals surface area contributed by atoms with Gasteiger partial charge in [0.15, 0.2) is 6.29 Å². The molecule has 0 fully saturated rings. The summed E-state index contributed by atoms with van der Waals surface area (Å²) in [5, 5.41) is 0. The minimum atomic E-state index is 0.716. The van der Waals surface area contributed by atoms with Crippen LogP contribution in [0.15, 0.2) is 10.5 Å². The van der Waals surface area contributed by atoms with Crippen LogP contribution in [-0.2, 0) is 13.5 Å². The van der Waals surface area contributed by atoms with E-state index in [1.54, 1.807) is 0 Å². The van der Waals surface area contributed by atoms with E-state index in [1.165, 1.54) is 0 Å². The molecule has 1 aromatic heterocycles. The summed E-state index contributed by atoms with van der Waals surface area (Å²) in [5.74, 6) is 0. The number of rotatable bonds is 2. The van der Waals surface area contributed by atoms with Gasteiger partial charge in [0, 0.05) is 17.2 Å². The zero-order valence-electron chi connectivity index (χ0n) is 6.60. The van der Waals surface area contributed by atoms with Crippen LogP contribution in [0.1, 0.15) is 23.1 Å². The van der Waals surface area contributed by atoms with Gasteiger partial charge in [-0.1, -0.05) is 6.92 Å². The summed E-state index contributed by atoms with van der Waals surface area (Å²) in [7, 11) is 1.90. The lowest BCUT2D eigenvalue weighted by molar-refractivity contribution is 0.111. The predicted molar refractivity (Wildman–Crippen MR) is 47.9 cm³/mol. The van der Waals surface area contributed by atoms with Crippen LogP contribution in [0.3, 0.4) is 0 Å². The molecule has 0 saturated heterocycles. The number of carbonyl (C=O) groups is 1. The minimum absolute atomic E-state index is 0.716. The van der Waals surface area contributed by atoms with Crippen molar-refractivity contribution in [2.45, 2.75) is 13.3 Å². The second-order valence-electron chi connectivity index (χ2n) is 2.39. The fourth-order valence-corrected chi connectivity index (χ4v) is 1.93. The molecule has 3 heteroatoms. The molecule has 60 valence electrons. The first kappa shape index (κ1) is 8.53. The number of aromatic nitrogens is 1. The van der Waals surface area contributed by atoms with Gasteiger partial charge in [-0.2, -0.15) is 0 Å². The van der Waals surface area contributed by atoms with Gasteiger partial charge in [-0.3, -0.25) is 4.79 Å². The van der Waals surface area contributed by atoms with Gasteiger partial charge in [-0.25, -0.2) is 0 Å². The highest BCUT2D eigenvalue weighted by Gasteiger charge is 2.06. The third kappa shape index (κ3) is 1.38. The maximum atomic E-state index is 10.5. The SMILES string of the molecule is CCc1c(Br)cc(C=O)n1C. The molecular weight excluding hydrogens is 206 g/mol. The van der Waals surface area contributed by atoms with Crippen molar-refractivity contribution in [2.75, 3.05) is 0 Å². The summed E-state index contributed by atoms with van der Waals surface area (Å²) < 4.78 is 2.92. The van der Waals surface area contributed by atoms with Crippen LogP contribution in [0.25, 0.3) is 0 Å². The second-order valence-corrected chi connectivity index (χ2v) is 3.25. The Balaban J connectivity index is 3.24. The Morgan fingerprint density at radius 2 is 2.36 bits per heavy atom. The molecule has 0 amide bonds. The lowest BCUT2D eigenvalue weighted by Crippen LogP contribution is -1.98. The maximum Gasteiger partial charge on any atom is 0.166 e. The van der Waals surface area contributed by atoms with Crippen LogP contribution >= 0.6 is 15.9 Å². The van der Waals surface area contributed by atoms with Crippen molar-refractivity contribution in [3.8, 4) is 0 Å². The van der Waals surface area contributed by atoms with Gasteiger partial charge in [-0.05, 0) is 28.4 Å². The van der Waals surface area contributed by atoms with Crippen molar-refractivity contribution in [3.05, 3.63) is 21.9 Å². The quantitative estimate of drug-likeness (QED) is 0.694. The predicted octanol–water partition coefficient (Wildman–Crippen LogP) is 2.16. The Hall–Kier alpha value is -0.570. The van der Waals surface area contributed by atoms with Crippen molar-refractivity contribution in [1.82, 2.24) is 4.57 Å². The first-order valence-electron chi connectivity index (χ1n) is 3.50. The molecule has 0 aliphatic heterocycles. The molecule has 1 aromatic rings. The highest BCUT2D eigenvalue weighted by atomic mass is 79.9. The monoisotopic (exact) mass is 215 g/mol. The van der Waals surface area contributed by atoms with Gasteiger partial charge in [0.05, 0.1) is 5.69 Å². The molecule has 0 atom stereocenters. The fourth-order valence-electron chi connectivity index (χ4n) is 1.15. The minimum Gasteiger partial charge on any atom is -0.344 e. The Labute approximate surface area is 74.3 Å². The molecule has 1 heterocycles. The van der Waals surface area contributed by atoms with E-state index in [0.717, 1.165) is 22.9 Å². The first-order chi connectivity index (χ1) is 5.20. The molecule has 0 N–H and O–H groups in total. The van der Waals surface area contributed by atoms with Crippen LogP contribution in [0, 0.1) is 0 Å². The number of halogens is 1. The molecule has 0 unspecified atom stereocenters. The van der Waals surface area contributed by atoms with E-state index in [1.807, 2.05) is 17.7 Å². The average Bonchev–Trinajstić information content (AvgIpc) is 2.26. The van der Waals surface area contributed by atoms with Crippen molar-refractivity contribution < 1.29 is 4.79 Å². The van der Waals surface area contributed by atoms with Gasteiger partial charge in [0.2, 0.25) is 0 Å². The molecule has 0 spiro atoms. The number of nitrogens with zero attached hydrogens (tertiary/aromatic N) is 1. The van der Waals surface area contributed by atoms with E-state index < -0.39 is 0 Å². The third-order valence-electron chi connectivity index (χ3n) is 1.80. The summed E-state index contributed by atoms with van der Waals surface area (Å²) >= 11 is 3.39. The van der Waals surface area contributed by atoms with Crippen molar-refractivity contribution in [1.29, 1.82) is 0 Å². The van der Waals surface area contributed by atoms with E-state index in [0.29, 0.717) is 5.69 Å². The third-order valence-corrected chi connectivity index (χ3v) is 2.48. The topological polar surface area (TPSA) is 22.0 Å². The lowest BCUT2D eigenvalue weighted by atomic mass is 10.3. The average molecular weight is 216 g/mol. The smallest absolute Gasteiger partial charge is 0.166 e. The zero-order chi connectivity index (χ0) is 8.43. The van der Waals surface area contributed by atoms with Crippen LogP contribution in [0.5, 0.6) is 0 Å². The van der Waals surface area contributed by atoms with Gasteiger partial charge in [-0.15, -0.1) is 0 Å². The second kappa shape index (κ2) is 3.22. The zero-order valence-corrected chi connectivity index (χ0v) is 8.18. The molecular formula is C8H10BrNO. The molecule has 0 bridgehead atoms. The number of carbonyl (C=O) groups excluding carboxylic acids is 1. The molecule has 0 aliphatic carbocycles. The molecule has 0 saturated carbocycles. The maximum absolute atomic E-state index is 10.5. The van der Waals surface area contributed by atoms with E-state index in [9.17, 15) is 4.79 Å². The van der Waals surface area contributed by atoms with E-state index in [-0.39, 0.29) is 0 Å². The highest BCUT2D eigenvalue weighted by Crippen LogP contribution is 2.20. The van der Waals surface area contributed by atoms with Crippen LogP contribution in [0.2, 0.25) is 0 Å². The normalized spacial score (nSPS) is 10.1. The van der Waals surface area contributed by atoms with E-state index in [4.69, 9.17) is 0 Å². The molecule has 11 heavy (non-hydrogen) atoms. The molecule has 0 radical (unpaired) electrons. The Kier molecular flexibility index (Phi) is 2.49. The van der Waals surface area contributed by atoms with Crippen LogP contribution in [-0.4, -0.2) is 10.9 Å². The van der Waals surface area contributed by atoms with Gasteiger partial charge < -0.3 is 4.57 Å². The molecule has 0 aliphatic rings. The number of hydrogen-bond acceptors (Lipinski definition) is 1. The number of hydrogen-bond donors (Lipinski definition) is 0. The Morgan fingerprint density at radius 1 is 1.73 bits per heavy atom. The summed E-state index contributed by atoms with van der Waals surface area (Å²) in [6.07, 6.45) is 1.80. The van der Waals surface area contributed by atoms with Crippen LogP contribution < -0.4 is 0 Å². The van der Waals surface area contributed by atoms with Gasteiger partial charge in [0.1, 0.15) is 0 Å². The number of aldehydes is 1.